The summed E-state index contributed by atoms with van der Waals surface area (Å²) >= 11 is 0. The molecule has 10 aromatic rings. The third-order valence-electron chi connectivity index (χ3n) is 9.96. The molecule has 10 aromatic carbocycles. The molecule has 0 aliphatic rings. The van der Waals surface area contributed by atoms with E-state index in [1.165, 1.54) is 97.7 Å². The van der Waals surface area contributed by atoms with E-state index in [0.717, 1.165) is 0 Å². The standard InChI is InChI=1S/C46H28/c1-2-10-30-25-31(18-17-29(30)9-1)32-19-20-34-27-35(22-21-33(34)26-32)36-23-24-43-44(28-36)39-13-5-8-16-42(39)45-40-14-6-3-11-37(40)38-12-4-7-15-41(38)46(43)45/h1-28H. The highest BCUT2D eigenvalue weighted by molar-refractivity contribution is 6.39. The van der Waals surface area contributed by atoms with Gasteiger partial charge in [0.2, 0.25) is 0 Å². The van der Waals surface area contributed by atoms with Crippen LogP contribution < -0.4 is 0 Å². The molecule has 0 aromatic heterocycles. The Morgan fingerprint density at radius 1 is 0.196 bits per heavy atom. The lowest BCUT2D eigenvalue weighted by molar-refractivity contribution is 1.66. The minimum Gasteiger partial charge on any atom is -0.0616 e. The zero-order valence-corrected chi connectivity index (χ0v) is 25.2. The fourth-order valence-corrected chi connectivity index (χ4v) is 7.78. The van der Waals surface area contributed by atoms with Gasteiger partial charge in [-0.3, -0.25) is 0 Å². The summed E-state index contributed by atoms with van der Waals surface area (Å²) in [6.45, 7) is 0. The molecule has 0 heteroatoms. The predicted octanol–water partition coefficient (Wildman–Crippen LogP) is 13.1. The van der Waals surface area contributed by atoms with E-state index in [-0.39, 0.29) is 0 Å². The van der Waals surface area contributed by atoms with Crippen LogP contribution in [0.25, 0.3) is 97.7 Å². The smallest absolute Gasteiger partial charge is 0.00139 e. The van der Waals surface area contributed by atoms with E-state index in [2.05, 4.69) is 170 Å². The van der Waals surface area contributed by atoms with Crippen molar-refractivity contribution in [3.8, 4) is 22.3 Å². The lowest BCUT2D eigenvalue weighted by Gasteiger charge is -2.17. The summed E-state index contributed by atoms with van der Waals surface area (Å²) in [4.78, 5) is 0. The Hall–Kier alpha value is -5.98. The molecule has 0 N–H and O–H groups in total. The van der Waals surface area contributed by atoms with Gasteiger partial charge >= 0.3 is 0 Å². The summed E-state index contributed by atoms with van der Waals surface area (Å²) in [5, 5.41) is 18.2. The zero-order valence-electron chi connectivity index (χ0n) is 25.2. The summed E-state index contributed by atoms with van der Waals surface area (Å²) in [6, 6.07) is 62.8. The molecule has 0 bridgehead atoms. The first-order valence-corrected chi connectivity index (χ1v) is 16.0. The van der Waals surface area contributed by atoms with E-state index < -0.39 is 0 Å². The second kappa shape index (κ2) is 9.76. The van der Waals surface area contributed by atoms with Gasteiger partial charge in [0.05, 0.1) is 0 Å². The zero-order chi connectivity index (χ0) is 30.2. The Bertz CT molecular complexity index is 2850. The van der Waals surface area contributed by atoms with Crippen molar-refractivity contribution in [3.05, 3.63) is 170 Å². The maximum atomic E-state index is 2.41. The lowest BCUT2D eigenvalue weighted by atomic mass is 9.86. The molecule has 212 valence electrons. The van der Waals surface area contributed by atoms with Crippen LogP contribution in [-0.2, 0) is 0 Å². The molecule has 0 radical (unpaired) electrons. The van der Waals surface area contributed by atoms with E-state index in [1.54, 1.807) is 0 Å². The molecule has 0 atom stereocenters. The van der Waals surface area contributed by atoms with Gasteiger partial charge in [-0.05, 0) is 122 Å². The van der Waals surface area contributed by atoms with E-state index in [1.807, 2.05) is 0 Å². The number of fused-ring (bicyclic) bond motifs is 13. The third kappa shape index (κ3) is 3.74. The van der Waals surface area contributed by atoms with Crippen LogP contribution in [0.3, 0.4) is 0 Å². The van der Waals surface area contributed by atoms with Crippen molar-refractivity contribution in [2.24, 2.45) is 0 Å². The maximum absolute atomic E-state index is 2.41. The topological polar surface area (TPSA) is 0 Å². The quantitative estimate of drug-likeness (QED) is 0.178. The van der Waals surface area contributed by atoms with E-state index in [4.69, 9.17) is 0 Å². The highest BCUT2D eigenvalue weighted by atomic mass is 14.2. The highest BCUT2D eigenvalue weighted by Crippen LogP contribution is 2.44. The maximum Gasteiger partial charge on any atom is -0.00139 e. The minimum atomic E-state index is 1.24. The minimum absolute atomic E-state index is 1.24. The van der Waals surface area contributed by atoms with Crippen LogP contribution in [-0.4, -0.2) is 0 Å². The monoisotopic (exact) mass is 580 g/mol. The average Bonchev–Trinajstić information content (AvgIpc) is 3.13. The SMILES string of the molecule is c1ccc2cc(-c3ccc4cc(-c5ccc6c(c5)c5ccccc5c5c7ccccc7c7ccccc7c65)ccc4c3)ccc2c1. The van der Waals surface area contributed by atoms with Crippen molar-refractivity contribution in [2.45, 2.75) is 0 Å². The Balaban J connectivity index is 1.17. The first-order valence-electron chi connectivity index (χ1n) is 16.0. The van der Waals surface area contributed by atoms with Crippen molar-refractivity contribution >= 4 is 75.4 Å². The van der Waals surface area contributed by atoms with Crippen LogP contribution in [0.15, 0.2) is 170 Å². The van der Waals surface area contributed by atoms with Crippen LogP contribution in [0.1, 0.15) is 0 Å². The first-order chi connectivity index (χ1) is 22.8. The largest absolute Gasteiger partial charge is 0.0616 e. The van der Waals surface area contributed by atoms with Crippen LogP contribution in [0, 0.1) is 0 Å². The summed E-state index contributed by atoms with van der Waals surface area (Å²) in [6.07, 6.45) is 0. The van der Waals surface area contributed by atoms with Crippen LogP contribution in [0.2, 0.25) is 0 Å². The summed E-state index contributed by atoms with van der Waals surface area (Å²) in [5.41, 5.74) is 4.97. The first kappa shape index (κ1) is 25.4. The summed E-state index contributed by atoms with van der Waals surface area (Å²) in [7, 11) is 0. The predicted molar refractivity (Wildman–Crippen MR) is 200 cm³/mol. The fraction of sp³-hybridized carbons (Fsp3) is 0. The second-order valence-electron chi connectivity index (χ2n) is 12.5. The van der Waals surface area contributed by atoms with Crippen LogP contribution in [0.5, 0.6) is 0 Å². The molecule has 10 rings (SSSR count). The van der Waals surface area contributed by atoms with E-state index in [0.29, 0.717) is 0 Å². The molecule has 0 saturated carbocycles. The van der Waals surface area contributed by atoms with E-state index in [9.17, 15) is 0 Å². The van der Waals surface area contributed by atoms with Gasteiger partial charge in [0.1, 0.15) is 0 Å². The van der Waals surface area contributed by atoms with E-state index >= 15 is 0 Å². The highest BCUT2D eigenvalue weighted by Gasteiger charge is 2.16. The molecule has 0 aliphatic heterocycles. The third-order valence-corrected chi connectivity index (χ3v) is 9.96. The molecule has 0 spiro atoms. The molecule has 0 heterocycles. The van der Waals surface area contributed by atoms with Crippen molar-refractivity contribution < 1.29 is 0 Å². The molecular formula is C46H28. The molecule has 0 nitrogen and oxygen atoms in total. The number of hydrogen-bond acceptors (Lipinski definition) is 0. The molecule has 0 saturated heterocycles. The van der Waals surface area contributed by atoms with Crippen molar-refractivity contribution in [1.82, 2.24) is 0 Å². The molecule has 46 heavy (non-hydrogen) atoms. The number of hydrogen-bond donors (Lipinski definition) is 0. The molecule has 0 unspecified atom stereocenters. The van der Waals surface area contributed by atoms with Crippen molar-refractivity contribution in [1.29, 1.82) is 0 Å². The van der Waals surface area contributed by atoms with Crippen molar-refractivity contribution in [3.63, 3.8) is 0 Å². The Morgan fingerprint density at radius 3 is 1.04 bits per heavy atom. The number of rotatable bonds is 2. The van der Waals surface area contributed by atoms with Gasteiger partial charge < -0.3 is 0 Å². The van der Waals surface area contributed by atoms with Gasteiger partial charge in [-0.25, -0.2) is 0 Å². The Morgan fingerprint density at radius 2 is 0.522 bits per heavy atom. The molecular weight excluding hydrogens is 553 g/mol. The van der Waals surface area contributed by atoms with Crippen molar-refractivity contribution in [2.75, 3.05) is 0 Å². The van der Waals surface area contributed by atoms with Gasteiger partial charge in [-0.15, -0.1) is 0 Å². The summed E-state index contributed by atoms with van der Waals surface area (Å²) in [5.74, 6) is 0. The molecule has 0 fully saturated rings. The van der Waals surface area contributed by atoms with Gasteiger partial charge in [-0.2, -0.15) is 0 Å². The van der Waals surface area contributed by atoms with Gasteiger partial charge in [-0.1, -0.05) is 146 Å². The fourth-order valence-electron chi connectivity index (χ4n) is 7.78. The van der Waals surface area contributed by atoms with Gasteiger partial charge in [0.15, 0.2) is 0 Å². The Kier molecular flexibility index (Phi) is 5.38. The molecule has 0 amide bonds. The van der Waals surface area contributed by atoms with Gasteiger partial charge in [0.25, 0.3) is 0 Å². The molecule has 0 aliphatic carbocycles. The van der Waals surface area contributed by atoms with Crippen LogP contribution in [0.4, 0.5) is 0 Å². The average molecular weight is 581 g/mol. The number of benzene rings is 10. The Labute approximate surface area is 266 Å². The second-order valence-corrected chi connectivity index (χ2v) is 12.5. The lowest BCUT2D eigenvalue weighted by Crippen LogP contribution is -1.89. The summed E-state index contributed by atoms with van der Waals surface area (Å²) < 4.78 is 0. The van der Waals surface area contributed by atoms with Crippen LogP contribution >= 0.6 is 0 Å². The van der Waals surface area contributed by atoms with Gasteiger partial charge in [0, 0.05) is 0 Å². The normalized spacial score (nSPS) is 11.9.